The Morgan fingerprint density at radius 1 is 0.857 bits per heavy atom. The van der Waals surface area contributed by atoms with E-state index in [0.29, 0.717) is 36.4 Å². The number of imide groups is 1. The van der Waals surface area contributed by atoms with E-state index in [9.17, 15) is 33.6 Å². The molecule has 1 aromatic carbocycles. The Hall–Kier alpha value is -4.29. The summed E-state index contributed by atoms with van der Waals surface area (Å²) < 4.78 is 4.94. The predicted octanol–water partition coefficient (Wildman–Crippen LogP) is 1.75. The van der Waals surface area contributed by atoms with E-state index in [4.69, 9.17) is 9.57 Å². The fourth-order valence-electron chi connectivity index (χ4n) is 4.71. The smallest absolute Gasteiger partial charge is 0.336 e. The Balaban J connectivity index is 1.46. The van der Waals surface area contributed by atoms with E-state index < -0.39 is 59.5 Å². The molecule has 13 heteroatoms. The fraction of sp³-hybridized carbons (Fsp3) is 0.552. The van der Waals surface area contributed by atoms with Crippen molar-refractivity contribution in [2.45, 2.75) is 84.9 Å². The maximum absolute atomic E-state index is 13.0. The fourth-order valence-corrected chi connectivity index (χ4v) is 4.71. The number of carbonyl (C=O) groups excluding carboxylic acids is 7. The van der Waals surface area contributed by atoms with Crippen molar-refractivity contribution in [2.75, 3.05) is 5.32 Å². The zero-order valence-corrected chi connectivity index (χ0v) is 24.3. The van der Waals surface area contributed by atoms with Crippen LogP contribution in [0.3, 0.4) is 0 Å². The molecular weight excluding hydrogens is 548 g/mol. The Morgan fingerprint density at radius 2 is 1.43 bits per heavy atom. The summed E-state index contributed by atoms with van der Waals surface area (Å²) in [6, 6.07) is 4.94. The Labute approximate surface area is 244 Å². The lowest BCUT2D eigenvalue weighted by Crippen LogP contribution is -2.54. The van der Waals surface area contributed by atoms with Crippen molar-refractivity contribution in [1.82, 2.24) is 15.7 Å². The van der Waals surface area contributed by atoms with Gasteiger partial charge in [-0.05, 0) is 56.2 Å². The minimum Gasteiger partial charge on any atom is -0.461 e. The molecule has 0 radical (unpaired) electrons. The molecule has 1 saturated heterocycles. The van der Waals surface area contributed by atoms with Crippen LogP contribution in [0.1, 0.15) is 71.8 Å². The minimum atomic E-state index is -0.896. The van der Waals surface area contributed by atoms with Crippen LogP contribution in [0.4, 0.5) is 5.69 Å². The van der Waals surface area contributed by atoms with Gasteiger partial charge in [0, 0.05) is 31.4 Å². The van der Waals surface area contributed by atoms with Gasteiger partial charge in [0.25, 0.3) is 11.8 Å². The highest BCUT2D eigenvalue weighted by molar-refractivity contribution is 6.01. The summed E-state index contributed by atoms with van der Waals surface area (Å²) in [7, 11) is 0. The third kappa shape index (κ3) is 8.85. The maximum Gasteiger partial charge on any atom is 0.336 e. The Morgan fingerprint density at radius 3 is 1.98 bits per heavy atom. The number of hydrogen-bond acceptors (Lipinski definition) is 9. The number of carbonyl (C=O) groups is 7. The van der Waals surface area contributed by atoms with Crippen molar-refractivity contribution in [2.24, 2.45) is 17.8 Å². The largest absolute Gasteiger partial charge is 0.461 e. The third-order valence-electron chi connectivity index (χ3n) is 7.28. The number of benzene rings is 1. The van der Waals surface area contributed by atoms with Crippen molar-refractivity contribution < 1.29 is 43.1 Å². The molecule has 2 fully saturated rings. The summed E-state index contributed by atoms with van der Waals surface area (Å²) in [6.07, 6.45) is 1.46. The molecule has 228 valence electrons. The average molecular weight is 587 g/mol. The summed E-state index contributed by atoms with van der Waals surface area (Å²) in [5.41, 5.74) is 1.25. The van der Waals surface area contributed by atoms with Gasteiger partial charge in [0.15, 0.2) is 0 Å². The molecule has 13 nitrogen and oxygen atoms in total. The zero-order chi connectivity index (χ0) is 31.0. The molecule has 0 unspecified atom stereocenters. The van der Waals surface area contributed by atoms with E-state index in [0.717, 1.165) is 5.56 Å². The Kier molecular flexibility index (Phi) is 11.2. The number of ether oxygens (including phenoxy) is 1. The van der Waals surface area contributed by atoms with Gasteiger partial charge in [0.05, 0.1) is 5.92 Å². The lowest BCUT2D eigenvalue weighted by Gasteiger charge is -2.29. The van der Waals surface area contributed by atoms with Gasteiger partial charge in [0.1, 0.15) is 18.7 Å². The molecule has 1 aliphatic heterocycles. The van der Waals surface area contributed by atoms with Crippen molar-refractivity contribution in [3.8, 4) is 0 Å². The molecule has 2 atom stereocenters. The number of esters is 1. The first-order valence-electron chi connectivity index (χ1n) is 14.1. The van der Waals surface area contributed by atoms with E-state index in [2.05, 4.69) is 16.0 Å². The number of amides is 5. The molecule has 3 rings (SSSR count). The van der Waals surface area contributed by atoms with E-state index in [-0.39, 0.29) is 31.3 Å². The van der Waals surface area contributed by atoms with Gasteiger partial charge in [-0.2, -0.15) is 0 Å². The minimum absolute atomic E-state index is 0.0150. The maximum atomic E-state index is 13.0. The molecule has 0 bridgehead atoms. The summed E-state index contributed by atoms with van der Waals surface area (Å²) >= 11 is 0. The summed E-state index contributed by atoms with van der Waals surface area (Å²) in [4.78, 5) is 90.5. The highest BCUT2D eigenvalue weighted by Crippen LogP contribution is 2.30. The van der Waals surface area contributed by atoms with Crippen LogP contribution < -0.4 is 16.0 Å². The van der Waals surface area contributed by atoms with Crippen LogP contribution in [0, 0.1) is 17.8 Å². The van der Waals surface area contributed by atoms with Crippen LogP contribution in [0.25, 0.3) is 0 Å². The number of anilines is 1. The summed E-state index contributed by atoms with van der Waals surface area (Å²) in [6.45, 7) is 6.53. The second-order valence-corrected chi connectivity index (χ2v) is 11.0. The molecule has 2 aliphatic rings. The first kappa shape index (κ1) is 32.2. The van der Waals surface area contributed by atoms with Gasteiger partial charge in [-0.1, -0.05) is 26.0 Å². The third-order valence-corrected chi connectivity index (χ3v) is 7.28. The molecule has 42 heavy (non-hydrogen) atoms. The van der Waals surface area contributed by atoms with Crippen LogP contribution in [0.2, 0.25) is 0 Å². The van der Waals surface area contributed by atoms with Gasteiger partial charge in [0.2, 0.25) is 17.7 Å². The summed E-state index contributed by atoms with van der Waals surface area (Å²) in [5, 5.41) is 8.68. The summed E-state index contributed by atoms with van der Waals surface area (Å²) in [5.74, 6) is -4.66. The van der Waals surface area contributed by atoms with Crippen LogP contribution >= 0.6 is 0 Å². The molecule has 3 N–H and O–H groups in total. The van der Waals surface area contributed by atoms with Gasteiger partial charge >= 0.3 is 11.9 Å². The van der Waals surface area contributed by atoms with Gasteiger partial charge in [-0.15, -0.1) is 5.06 Å². The first-order chi connectivity index (χ1) is 19.8. The molecule has 1 aliphatic carbocycles. The normalized spacial score (nSPS) is 20.0. The second-order valence-electron chi connectivity index (χ2n) is 11.0. The standard InChI is InChI=1S/C29H38N4O9/c1-16(2)25(28(39)30-17(3)26(37)31-22-11-5-19(6-12-22)15-41-18(4)34)32-27(38)20-7-9-21(10-8-20)29(40)42-33-23(35)13-14-24(33)36/h5-6,11-12,16-17,20-21,25H,7-10,13-15H2,1-4H3,(H,30,39)(H,31,37)(H,32,38)/t17-,20?,21?,25-/m0/s1. The molecular formula is C29H38N4O9. The number of nitrogens with zero attached hydrogens (tertiary/aromatic N) is 1. The lowest BCUT2D eigenvalue weighted by molar-refractivity contribution is -0.201. The van der Waals surface area contributed by atoms with Gasteiger partial charge < -0.3 is 25.5 Å². The van der Waals surface area contributed by atoms with Gasteiger partial charge in [-0.3, -0.25) is 28.8 Å². The zero-order valence-electron chi connectivity index (χ0n) is 24.3. The van der Waals surface area contributed by atoms with Crippen molar-refractivity contribution in [3.63, 3.8) is 0 Å². The van der Waals surface area contributed by atoms with E-state index >= 15 is 0 Å². The van der Waals surface area contributed by atoms with Crippen LogP contribution in [-0.4, -0.2) is 58.6 Å². The second kappa shape index (κ2) is 14.6. The SMILES string of the molecule is CC(=O)OCc1ccc(NC(=O)[C@H](C)NC(=O)[C@@H](NC(=O)C2CCC(C(=O)ON3C(=O)CCC3=O)CC2)C(C)C)cc1. The van der Waals surface area contributed by atoms with Crippen molar-refractivity contribution in [3.05, 3.63) is 29.8 Å². The predicted molar refractivity (Wildman–Crippen MR) is 148 cm³/mol. The highest BCUT2D eigenvalue weighted by atomic mass is 16.7. The molecule has 0 spiro atoms. The molecule has 0 aromatic heterocycles. The molecule has 5 amide bonds. The van der Waals surface area contributed by atoms with E-state index in [1.54, 1.807) is 38.1 Å². The first-order valence-corrected chi connectivity index (χ1v) is 14.1. The van der Waals surface area contributed by atoms with E-state index in [1.165, 1.54) is 13.8 Å². The van der Waals surface area contributed by atoms with Gasteiger partial charge in [-0.25, -0.2) is 4.79 Å². The number of hydroxylamine groups is 2. The quantitative estimate of drug-likeness (QED) is 0.257. The van der Waals surface area contributed by atoms with Crippen LogP contribution in [0.5, 0.6) is 0 Å². The van der Waals surface area contributed by atoms with Crippen LogP contribution in [0.15, 0.2) is 24.3 Å². The average Bonchev–Trinajstić information content (AvgIpc) is 3.27. The number of nitrogens with one attached hydrogen (secondary N) is 3. The van der Waals surface area contributed by atoms with Crippen molar-refractivity contribution >= 4 is 47.2 Å². The lowest BCUT2D eigenvalue weighted by atomic mass is 9.81. The molecule has 1 heterocycles. The van der Waals surface area contributed by atoms with Crippen LogP contribution in [-0.2, 0) is 49.7 Å². The Bertz CT molecular complexity index is 1190. The highest BCUT2D eigenvalue weighted by Gasteiger charge is 2.38. The topological polar surface area (TPSA) is 177 Å². The number of rotatable bonds is 11. The van der Waals surface area contributed by atoms with Crippen molar-refractivity contribution in [1.29, 1.82) is 0 Å². The number of hydrogen-bond donors (Lipinski definition) is 3. The monoisotopic (exact) mass is 586 g/mol. The molecule has 1 saturated carbocycles. The van der Waals surface area contributed by atoms with E-state index in [1.807, 2.05) is 0 Å². The molecule has 1 aromatic rings.